The molecule has 1 rings (SSSR count). The predicted octanol–water partition coefficient (Wildman–Crippen LogP) is 0.636. The van der Waals surface area contributed by atoms with Crippen molar-refractivity contribution in [1.29, 1.82) is 0 Å². The topological polar surface area (TPSA) is 47.0 Å². The van der Waals surface area contributed by atoms with Gasteiger partial charge in [0.05, 0.1) is 7.11 Å². The van der Waals surface area contributed by atoms with Crippen molar-refractivity contribution in [3.63, 3.8) is 0 Å². The molecule has 72 valence electrons. The first-order valence-electron chi connectivity index (χ1n) is 4.28. The average Bonchev–Trinajstić information content (AvgIpc) is 2.18. The number of aromatic nitrogens is 2. The third-order valence-electron chi connectivity index (χ3n) is 1.92. The molecular formula is C9H15N3O. The predicted molar refractivity (Wildman–Crippen MR) is 50.8 cm³/mol. The zero-order chi connectivity index (χ0) is 9.68. The second kappa shape index (κ2) is 4.77. The van der Waals surface area contributed by atoms with Gasteiger partial charge in [-0.05, 0) is 14.0 Å². The van der Waals surface area contributed by atoms with Crippen molar-refractivity contribution >= 4 is 0 Å². The van der Waals surface area contributed by atoms with E-state index >= 15 is 0 Å². The van der Waals surface area contributed by atoms with E-state index in [0.29, 0.717) is 11.9 Å². The van der Waals surface area contributed by atoms with Crippen molar-refractivity contribution in [2.45, 2.75) is 19.4 Å². The number of hydrogen-bond acceptors (Lipinski definition) is 4. The summed E-state index contributed by atoms with van der Waals surface area (Å²) in [5.41, 5.74) is 0.994. The van der Waals surface area contributed by atoms with E-state index in [1.165, 1.54) is 6.33 Å². The summed E-state index contributed by atoms with van der Waals surface area (Å²) in [5.74, 6) is 0.619. The molecule has 0 bridgehead atoms. The second-order valence-electron chi connectivity index (χ2n) is 2.95. The quantitative estimate of drug-likeness (QED) is 0.740. The molecule has 1 heterocycles. The molecule has 1 aromatic heterocycles. The summed E-state index contributed by atoms with van der Waals surface area (Å²) >= 11 is 0. The Kier molecular flexibility index (Phi) is 3.64. The van der Waals surface area contributed by atoms with Crippen LogP contribution in [-0.4, -0.2) is 30.2 Å². The molecule has 1 N–H and O–H groups in total. The van der Waals surface area contributed by atoms with Gasteiger partial charge >= 0.3 is 0 Å². The van der Waals surface area contributed by atoms with Gasteiger partial charge in [0.25, 0.3) is 0 Å². The van der Waals surface area contributed by atoms with Crippen molar-refractivity contribution in [2.75, 3.05) is 14.2 Å². The normalized spacial score (nSPS) is 12.5. The average molecular weight is 181 g/mol. The van der Waals surface area contributed by atoms with Crippen LogP contribution in [0.3, 0.4) is 0 Å². The Bertz CT molecular complexity index is 265. The minimum absolute atomic E-state index is 0.416. The smallest absolute Gasteiger partial charge is 0.216 e. The van der Waals surface area contributed by atoms with Gasteiger partial charge in [-0.1, -0.05) is 0 Å². The maximum Gasteiger partial charge on any atom is 0.216 e. The van der Waals surface area contributed by atoms with Crippen LogP contribution in [0.25, 0.3) is 0 Å². The summed E-state index contributed by atoms with van der Waals surface area (Å²) in [6.07, 6.45) is 2.41. The van der Waals surface area contributed by atoms with Gasteiger partial charge in [0.2, 0.25) is 5.88 Å². The summed E-state index contributed by atoms with van der Waals surface area (Å²) in [7, 11) is 3.54. The minimum Gasteiger partial charge on any atom is -0.481 e. The van der Waals surface area contributed by atoms with Crippen LogP contribution in [0.15, 0.2) is 12.4 Å². The van der Waals surface area contributed by atoms with Gasteiger partial charge in [-0.15, -0.1) is 0 Å². The fourth-order valence-electron chi connectivity index (χ4n) is 1.02. The van der Waals surface area contributed by atoms with E-state index in [4.69, 9.17) is 4.74 Å². The summed E-state index contributed by atoms with van der Waals surface area (Å²) < 4.78 is 5.00. The standard InChI is InChI=1S/C9H15N3O/c1-7(10-2)4-8-5-9(13-3)12-6-11-8/h5-7,10H,4H2,1-3H3. The van der Waals surface area contributed by atoms with Crippen LogP contribution in [0.4, 0.5) is 0 Å². The third kappa shape index (κ3) is 2.99. The number of rotatable bonds is 4. The Balaban J connectivity index is 2.66. The molecule has 1 aromatic rings. The van der Waals surface area contributed by atoms with Crippen LogP contribution in [0.2, 0.25) is 0 Å². The van der Waals surface area contributed by atoms with Crippen LogP contribution in [0.5, 0.6) is 5.88 Å². The van der Waals surface area contributed by atoms with Gasteiger partial charge in [-0.3, -0.25) is 0 Å². The largest absolute Gasteiger partial charge is 0.481 e. The highest BCUT2D eigenvalue weighted by Gasteiger charge is 2.03. The molecule has 0 aromatic carbocycles. The molecule has 13 heavy (non-hydrogen) atoms. The zero-order valence-electron chi connectivity index (χ0n) is 8.24. The zero-order valence-corrected chi connectivity index (χ0v) is 8.24. The summed E-state index contributed by atoms with van der Waals surface area (Å²) in [6.45, 7) is 2.11. The van der Waals surface area contributed by atoms with E-state index in [-0.39, 0.29) is 0 Å². The summed E-state index contributed by atoms with van der Waals surface area (Å²) in [6, 6.07) is 2.27. The SMILES string of the molecule is CNC(C)Cc1cc(OC)ncn1. The molecule has 0 radical (unpaired) electrons. The van der Waals surface area contributed by atoms with Crippen molar-refractivity contribution in [3.8, 4) is 5.88 Å². The second-order valence-corrected chi connectivity index (χ2v) is 2.95. The van der Waals surface area contributed by atoms with E-state index in [0.717, 1.165) is 12.1 Å². The van der Waals surface area contributed by atoms with Gasteiger partial charge in [0.1, 0.15) is 6.33 Å². The van der Waals surface area contributed by atoms with E-state index in [1.807, 2.05) is 13.1 Å². The van der Waals surface area contributed by atoms with Crippen LogP contribution in [-0.2, 0) is 6.42 Å². The number of likely N-dealkylation sites (N-methyl/N-ethyl adjacent to an activating group) is 1. The molecule has 0 fully saturated rings. The molecule has 0 spiro atoms. The Morgan fingerprint density at radius 3 is 2.92 bits per heavy atom. The van der Waals surface area contributed by atoms with Gasteiger partial charge in [0, 0.05) is 24.2 Å². The fourth-order valence-corrected chi connectivity index (χ4v) is 1.02. The Morgan fingerprint density at radius 1 is 1.54 bits per heavy atom. The van der Waals surface area contributed by atoms with Crippen molar-refractivity contribution < 1.29 is 4.74 Å². The van der Waals surface area contributed by atoms with Gasteiger partial charge in [-0.25, -0.2) is 9.97 Å². The number of methoxy groups -OCH3 is 1. The lowest BCUT2D eigenvalue weighted by Crippen LogP contribution is -2.24. The molecule has 1 atom stereocenters. The number of nitrogens with one attached hydrogen (secondary N) is 1. The lowest BCUT2D eigenvalue weighted by atomic mass is 10.2. The van der Waals surface area contributed by atoms with Crippen molar-refractivity contribution in [3.05, 3.63) is 18.1 Å². The lowest BCUT2D eigenvalue weighted by Gasteiger charge is -2.09. The number of hydrogen-bond donors (Lipinski definition) is 1. The van der Waals surface area contributed by atoms with Crippen molar-refractivity contribution in [2.24, 2.45) is 0 Å². The number of nitrogens with zero attached hydrogens (tertiary/aromatic N) is 2. The Labute approximate surface area is 78.4 Å². The first kappa shape index (κ1) is 9.92. The number of ether oxygens (including phenoxy) is 1. The highest BCUT2D eigenvalue weighted by Crippen LogP contribution is 2.07. The van der Waals surface area contributed by atoms with E-state index in [2.05, 4.69) is 22.2 Å². The molecule has 0 aliphatic heterocycles. The fraction of sp³-hybridized carbons (Fsp3) is 0.556. The van der Waals surface area contributed by atoms with Crippen LogP contribution >= 0.6 is 0 Å². The van der Waals surface area contributed by atoms with Gasteiger partial charge in [-0.2, -0.15) is 0 Å². The molecule has 0 aliphatic rings. The monoisotopic (exact) mass is 181 g/mol. The molecule has 4 nitrogen and oxygen atoms in total. The Hall–Kier alpha value is -1.16. The molecule has 0 saturated heterocycles. The maximum absolute atomic E-state index is 5.00. The lowest BCUT2D eigenvalue weighted by molar-refractivity contribution is 0.395. The highest BCUT2D eigenvalue weighted by atomic mass is 16.5. The minimum atomic E-state index is 0.416. The van der Waals surface area contributed by atoms with Crippen LogP contribution < -0.4 is 10.1 Å². The van der Waals surface area contributed by atoms with Gasteiger partial charge in [0.15, 0.2) is 0 Å². The van der Waals surface area contributed by atoms with E-state index in [1.54, 1.807) is 7.11 Å². The molecule has 0 amide bonds. The first-order valence-corrected chi connectivity index (χ1v) is 4.28. The Morgan fingerprint density at radius 2 is 2.31 bits per heavy atom. The van der Waals surface area contributed by atoms with E-state index in [9.17, 15) is 0 Å². The highest BCUT2D eigenvalue weighted by molar-refractivity contribution is 5.13. The van der Waals surface area contributed by atoms with Crippen LogP contribution in [0, 0.1) is 0 Å². The maximum atomic E-state index is 5.00. The molecule has 1 unspecified atom stereocenters. The first-order chi connectivity index (χ1) is 6.26. The third-order valence-corrected chi connectivity index (χ3v) is 1.92. The van der Waals surface area contributed by atoms with E-state index < -0.39 is 0 Å². The molecule has 4 heteroatoms. The summed E-state index contributed by atoms with van der Waals surface area (Å²) in [5, 5.41) is 3.15. The van der Waals surface area contributed by atoms with Crippen molar-refractivity contribution in [1.82, 2.24) is 15.3 Å². The summed E-state index contributed by atoms with van der Waals surface area (Å²) in [4.78, 5) is 8.08. The molecule has 0 saturated carbocycles. The van der Waals surface area contributed by atoms with Gasteiger partial charge < -0.3 is 10.1 Å². The molecule has 0 aliphatic carbocycles. The van der Waals surface area contributed by atoms with Crippen LogP contribution in [0.1, 0.15) is 12.6 Å². The molecular weight excluding hydrogens is 166 g/mol.